The van der Waals surface area contributed by atoms with Crippen LogP contribution in [0.2, 0.25) is 0 Å². The summed E-state index contributed by atoms with van der Waals surface area (Å²) in [5.41, 5.74) is 0. The van der Waals surface area contributed by atoms with E-state index in [2.05, 4.69) is 106 Å². The first kappa shape index (κ1) is 70.7. The van der Waals surface area contributed by atoms with Crippen molar-refractivity contribution in [2.75, 3.05) is 13.2 Å². The Labute approximate surface area is 466 Å². The molecule has 0 aliphatic carbocycles. The van der Waals surface area contributed by atoms with Crippen LogP contribution < -0.4 is 0 Å². The summed E-state index contributed by atoms with van der Waals surface area (Å²) in [7, 11) is 0. The van der Waals surface area contributed by atoms with Crippen molar-refractivity contribution in [2.24, 2.45) is 0 Å². The van der Waals surface area contributed by atoms with E-state index >= 15 is 0 Å². The molecule has 0 saturated carbocycles. The maximum absolute atomic E-state index is 13.2. The maximum Gasteiger partial charge on any atom is 0.335 e. The first-order valence-electron chi connectivity index (χ1n) is 30.2. The van der Waals surface area contributed by atoms with Gasteiger partial charge in [0.05, 0.1) is 6.61 Å². The van der Waals surface area contributed by atoms with E-state index in [1.807, 2.05) is 12.2 Å². The number of aliphatic hydroxyl groups excluding tert-OH is 2. The molecule has 1 rings (SSSR count). The van der Waals surface area contributed by atoms with E-state index in [-0.39, 0.29) is 25.9 Å². The first-order chi connectivity index (χ1) is 37.6. The van der Waals surface area contributed by atoms with Gasteiger partial charge in [-0.05, 0) is 89.9 Å². The first-order valence-corrected chi connectivity index (χ1v) is 30.2. The van der Waals surface area contributed by atoms with Gasteiger partial charge in [-0.1, -0.05) is 227 Å². The van der Waals surface area contributed by atoms with Gasteiger partial charge in [0.1, 0.15) is 18.8 Å². The minimum atomic E-state index is -1.91. The summed E-state index contributed by atoms with van der Waals surface area (Å²) < 4.78 is 28.3. The highest BCUT2D eigenvalue weighted by Crippen LogP contribution is 2.26. The molecular formula is C65H106O12. The van der Waals surface area contributed by atoms with E-state index < -0.39 is 67.3 Å². The summed E-state index contributed by atoms with van der Waals surface area (Å²) in [6.07, 6.45) is 56.9. The number of ether oxygens (including phenoxy) is 5. The standard InChI is InChI=1S/C65H106O12/c1-4-7-10-13-16-19-21-23-25-27-29-31-33-35-37-40-42-45-48-51-57(66)73-54-56(75-58(67)52-49-46-44-41-38-36-34-32-30-28-26-24-22-20-17-14-11-8-5-2)55-74-65-63(61(70)60(69)62(77-65)64(71)72)76-59(68)53-50-47-43-39-18-15-12-9-6-3/h7,10,16-17,19-20,23-26,29,31,35,37,42,45,56,60-63,65,69-70H,4-6,8-9,11-15,18,21-22,27-28,30,32-34,36,38-41,43-44,46-55H2,1-3H3,(H,71,72)/b10-7-,19-16-,20-17-,25-23-,26-24-,31-29-,37-35-,45-42-. The lowest BCUT2D eigenvalue weighted by atomic mass is 9.98. The van der Waals surface area contributed by atoms with Crippen LogP contribution in [0.3, 0.4) is 0 Å². The van der Waals surface area contributed by atoms with E-state index in [9.17, 15) is 34.5 Å². The lowest BCUT2D eigenvalue weighted by molar-refractivity contribution is -0.301. The second kappa shape index (κ2) is 52.3. The molecule has 3 N–H and O–H groups in total. The quantitative estimate of drug-likeness (QED) is 0.0228. The van der Waals surface area contributed by atoms with Crippen molar-refractivity contribution in [1.29, 1.82) is 0 Å². The SMILES string of the molecule is CC/C=C\C/C=C\C/C=C\C/C=C\C/C=C\C/C=C\CCC(=O)OCC(COC1OC(C(=O)O)C(O)C(O)C1OC(=O)CCCCCCCCCCC)OC(=O)CCCCCCCCCCC/C=C\C/C=C\CCCCC. The Morgan fingerprint density at radius 1 is 0.442 bits per heavy atom. The summed E-state index contributed by atoms with van der Waals surface area (Å²) in [5, 5.41) is 31.4. The molecule has 0 bridgehead atoms. The Hall–Kier alpha value is -4.36. The zero-order valence-corrected chi connectivity index (χ0v) is 48.2. The molecule has 0 aromatic carbocycles. The van der Waals surface area contributed by atoms with Gasteiger partial charge in [-0.15, -0.1) is 0 Å². The number of rotatable bonds is 50. The van der Waals surface area contributed by atoms with Crippen LogP contribution in [-0.4, -0.2) is 89.2 Å². The molecule has 0 spiro atoms. The predicted octanol–water partition coefficient (Wildman–Crippen LogP) is 15.7. The van der Waals surface area contributed by atoms with Crippen molar-refractivity contribution in [3.8, 4) is 0 Å². The van der Waals surface area contributed by atoms with Gasteiger partial charge in [0.25, 0.3) is 0 Å². The average Bonchev–Trinajstić information content (AvgIpc) is 3.42. The average molecular weight is 1080 g/mol. The van der Waals surface area contributed by atoms with Crippen LogP contribution in [0.25, 0.3) is 0 Å². The number of allylic oxidation sites excluding steroid dienone is 16. The monoisotopic (exact) mass is 1080 g/mol. The minimum Gasteiger partial charge on any atom is -0.479 e. The second-order valence-electron chi connectivity index (χ2n) is 20.3. The number of hydrogen-bond acceptors (Lipinski definition) is 11. The third-order valence-corrected chi connectivity index (χ3v) is 13.2. The van der Waals surface area contributed by atoms with Crippen molar-refractivity contribution in [1.82, 2.24) is 0 Å². The molecule has 0 amide bonds. The summed E-state index contributed by atoms with van der Waals surface area (Å²) in [4.78, 5) is 51.0. The number of unbranched alkanes of at least 4 members (excludes halogenated alkanes) is 20. The van der Waals surface area contributed by atoms with Gasteiger partial charge >= 0.3 is 23.9 Å². The van der Waals surface area contributed by atoms with Crippen molar-refractivity contribution in [2.45, 2.75) is 276 Å². The zero-order chi connectivity index (χ0) is 56.1. The lowest BCUT2D eigenvalue weighted by Gasteiger charge is -2.40. The van der Waals surface area contributed by atoms with Gasteiger partial charge in [-0.25, -0.2) is 4.79 Å². The fourth-order valence-corrected chi connectivity index (χ4v) is 8.54. The molecule has 12 heteroatoms. The number of carboxylic acid groups (broad SMARTS) is 1. The number of carbonyl (C=O) groups excluding carboxylic acids is 3. The van der Waals surface area contributed by atoms with Gasteiger partial charge in [-0.2, -0.15) is 0 Å². The Balaban J connectivity index is 2.71. The van der Waals surface area contributed by atoms with Crippen LogP contribution in [0.1, 0.15) is 239 Å². The highest BCUT2D eigenvalue weighted by atomic mass is 16.7. The van der Waals surface area contributed by atoms with E-state index in [1.165, 1.54) is 77.0 Å². The topological polar surface area (TPSA) is 175 Å². The molecule has 6 atom stereocenters. The number of esters is 3. The Morgan fingerprint density at radius 2 is 0.844 bits per heavy atom. The smallest absolute Gasteiger partial charge is 0.335 e. The molecule has 1 heterocycles. The van der Waals surface area contributed by atoms with E-state index in [1.54, 1.807) is 0 Å². The number of hydrogen-bond donors (Lipinski definition) is 3. The summed E-state index contributed by atoms with van der Waals surface area (Å²) in [5.74, 6) is -3.24. The largest absolute Gasteiger partial charge is 0.479 e. The third-order valence-electron chi connectivity index (χ3n) is 13.2. The van der Waals surface area contributed by atoms with E-state index in [4.69, 9.17) is 23.7 Å². The summed E-state index contributed by atoms with van der Waals surface area (Å²) in [6, 6.07) is 0. The highest BCUT2D eigenvalue weighted by Gasteiger charge is 2.50. The fourth-order valence-electron chi connectivity index (χ4n) is 8.54. The van der Waals surface area contributed by atoms with E-state index in [0.717, 1.165) is 103 Å². The van der Waals surface area contributed by atoms with Crippen molar-refractivity contribution >= 4 is 23.9 Å². The van der Waals surface area contributed by atoms with Gasteiger partial charge in [0.15, 0.2) is 24.6 Å². The van der Waals surface area contributed by atoms with Crippen LogP contribution in [-0.2, 0) is 42.9 Å². The minimum absolute atomic E-state index is 0.0505. The van der Waals surface area contributed by atoms with Crippen LogP contribution >= 0.6 is 0 Å². The predicted molar refractivity (Wildman–Crippen MR) is 312 cm³/mol. The molecule has 77 heavy (non-hydrogen) atoms. The molecule has 1 aliphatic heterocycles. The molecule has 1 aliphatic rings. The van der Waals surface area contributed by atoms with E-state index in [0.29, 0.717) is 19.3 Å². The Bertz CT molecular complexity index is 1710. The molecule has 1 fully saturated rings. The molecule has 0 radical (unpaired) electrons. The van der Waals surface area contributed by atoms with Crippen molar-refractivity contribution < 1.29 is 58.2 Å². The number of aliphatic carboxylic acids is 1. The number of aliphatic hydroxyl groups is 2. The van der Waals surface area contributed by atoms with Crippen LogP contribution in [0.15, 0.2) is 97.2 Å². The molecular weight excluding hydrogens is 973 g/mol. The molecule has 1 saturated heterocycles. The number of carbonyl (C=O) groups is 4. The maximum atomic E-state index is 13.2. The number of carboxylic acids is 1. The van der Waals surface area contributed by atoms with Gasteiger partial charge in [-0.3, -0.25) is 14.4 Å². The van der Waals surface area contributed by atoms with Crippen LogP contribution in [0.5, 0.6) is 0 Å². The Kier molecular flexibility index (Phi) is 48.0. The summed E-state index contributed by atoms with van der Waals surface area (Å²) in [6.45, 7) is 5.75. The normalized spacial score (nSPS) is 18.7. The zero-order valence-electron chi connectivity index (χ0n) is 48.2. The highest BCUT2D eigenvalue weighted by molar-refractivity contribution is 5.74. The molecule has 6 unspecified atom stereocenters. The molecule has 0 aromatic heterocycles. The fraction of sp³-hybridized carbons (Fsp3) is 0.692. The molecule has 438 valence electrons. The van der Waals surface area contributed by atoms with Crippen molar-refractivity contribution in [3.63, 3.8) is 0 Å². The Morgan fingerprint density at radius 3 is 1.32 bits per heavy atom. The van der Waals surface area contributed by atoms with Gasteiger partial charge in [0.2, 0.25) is 0 Å². The molecule has 0 aromatic rings. The second-order valence-corrected chi connectivity index (χ2v) is 20.3. The van der Waals surface area contributed by atoms with Crippen molar-refractivity contribution in [3.05, 3.63) is 97.2 Å². The molecule has 12 nitrogen and oxygen atoms in total. The van der Waals surface area contributed by atoms with Gasteiger partial charge in [0, 0.05) is 19.3 Å². The third kappa shape index (κ3) is 42.3. The van der Waals surface area contributed by atoms with Crippen LogP contribution in [0, 0.1) is 0 Å². The van der Waals surface area contributed by atoms with Crippen LogP contribution in [0.4, 0.5) is 0 Å². The lowest BCUT2D eigenvalue weighted by Crippen LogP contribution is -2.61. The summed E-state index contributed by atoms with van der Waals surface area (Å²) >= 11 is 0. The van der Waals surface area contributed by atoms with Gasteiger partial charge < -0.3 is 39.0 Å².